The van der Waals surface area contributed by atoms with Gasteiger partial charge in [-0.1, -0.05) is 11.6 Å². The van der Waals surface area contributed by atoms with Crippen LogP contribution < -0.4 is 14.8 Å². The van der Waals surface area contributed by atoms with E-state index in [-0.39, 0.29) is 16.3 Å². The molecule has 6 nitrogen and oxygen atoms in total. The second-order valence-corrected chi connectivity index (χ2v) is 5.90. The molecule has 27 heavy (non-hydrogen) atoms. The van der Waals surface area contributed by atoms with Gasteiger partial charge in [-0.2, -0.15) is 0 Å². The Kier molecular flexibility index (Phi) is 7.01. The largest absolute Gasteiger partial charge is 0.493 e. The highest BCUT2D eigenvalue weighted by atomic mass is 35.5. The van der Waals surface area contributed by atoms with E-state index in [1.807, 2.05) is 0 Å². The summed E-state index contributed by atoms with van der Waals surface area (Å²) in [6.07, 6.45) is -1.15. The fourth-order valence-corrected chi connectivity index (χ4v) is 2.34. The van der Waals surface area contributed by atoms with Gasteiger partial charge >= 0.3 is 5.97 Å². The van der Waals surface area contributed by atoms with Crippen LogP contribution in [0.2, 0.25) is 5.02 Å². The Morgan fingerprint density at radius 3 is 2.56 bits per heavy atom. The smallest absolute Gasteiger partial charge is 0.339 e. The van der Waals surface area contributed by atoms with E-state index < -0.39 is 23.8 Å². The number of ether oxygens (including phenoxy) is 3. The second-order valence-electron chi connectivity index (χ2n) is 5.46. The first-order valence-electron chi connectivity index (χ1n) is 8.13. The zero-order chi connectivity index (χ0) is 20.0. The Hall–Kier alpha value is -2.80. The number of carbonyl (C=O) groups excluding carboxylic acids is 2. The van der Waals surface area contributed by atoms with Crippen LogP contribution in [0, 0.1) is 5.82 Å². The summed E-state index contributed by atoms with van der Waals surface area (Å²) < 4.78 is 29.5. The van der Waals surface area contributed by atoms with Gasteiger partial charge in [0.1, 0.15) is 5.82 Å². The van der Waals surface area contributed by atoms with E-state index in [0.29, 0.717) is 18.1 Å². The molecule has 2 aromatic carbocycles. The van der Waals surface area contributed by atoms with Crippen molar-refractivity contribution in [2.45, 2.75) is 20.0 Å². The van der Waals surface area contributed by atoms with Gasteiger partial charge in [-0.15, -0.1) is 0 Å². The van der Waals surface area contributed by atoms with E-state index in [2.05, 4.69) is 5.32 Å². The quantitative estimate of drug-likeness (QED) is 0.715. The molecule has 1 amide bonds. The lowest BCUT2D eigenvalue weighted by Gasteiger charge is -2.15. The van der Waals surface area contributed by atoms with E-state index in [9.17, 15) is 14.0 Å². The molecule has 0 fully saturated rings. The van der Waals surface area contributed by atoms with Crippen LogP contribution in [-0.4, -0.2) is 31.7 Å². The van der Waals surface area contributed by atoms with Gasteiger partial charge in [-0.05, 0) is 50.2 Å². The summed E-state index contributed by atoms with van der Waals surface area (Å²) in [5, 5.41) is 2.55. The van der Waals surface area contributed by atoms with Gasteiger partial charge in [-0.3, -0.25) is 4.79 Å². The van der Waals surface area contributed by atoms with Crippen molar-refractivity contribution in [3.8, 4) is 11.5 Å². The van der Waals surface area contributed by atoms with E-state index in [1.54, 1.807) is 13.0 Å². The number of amides is 1. The molecule has 0 saturated heterocycles. The highest BCUT2D eigenvalue weighted by molar-refractivity contribution is 6.30. The van der Waals surface area contributed by atoms with Crippen LogP contribution in [0.5, 0.6) is 11.5 Å². The van der Waals surface area contributed by atoms with Crippen LogP contribution in [0.3, 0.4) is 0 Å². The molecule has 2 rings (SSSR count). The standard InChI is InChI=1S/C19H19ClFNO5/c1-4-26-17-9-12(5-8-16(17)25-3)19(24)27-11(2)18(23)22-15-7-6-13(20)10-14(15)21/h5-11H,4H2,1-3H3,(H,22,23)/t11-/m0/s1. The summed E-state index contributed by atoms with van der Waals surface area (Å²) in [6.45, 7) is 3.57. The summed E-state index contributed by atoms with van der Waals surface area (Å²) in [6, 6.07) is 8.35. The summed E-state index contributed by atoms with van der Waals surface area (Å²) in [5.41, 5.74) is 0.131. The Morgan fingerprint density at radius 2 is 1.93 bits per heavy atom. The van der Waals surface area contributed by atoms with Crippen LogP contribution in [-0.2, 0) is 9.53 Å². The summed E-state index contributed by atoms with van der Waals surface area (Å²) in [4.78, 5) is 24.4. The highest BCUT2D eigenvalue weighted by Gasteiger charge is 2.21. The Morgan fingerprint density at radius 1 is 1.19 bits per heavy atom. The van der Waals surface area contributed by atoms with Gasteiger partial charge in [0.15, 0.2) is 17.6 Å². The second kappa shape index (κ2) is 9.23. The van der Waals surface area contributed by atoms with Crippen molar-refractivity contribution >= 4 is 29.2 Å². The van der Waals surface area contributed by atoms with Crippen LogP contribution >= 0.6 is 11.6 Å². The van der Waals surface area contributed by atoms with Crippen LogP contribution in [0.1, 0.15) is 24.2 Å². The maximum Gasteiger partial charge on any atom is 0.339 e. The van der Waals surface area contributed by atoms with Gasteiger partial charge in [0, 0.05) is 5.02 Å². The Bertz CT molecular complexity index is 843. The molecule has 0 aliphatic carbocycles. The minimum atomic E-state index is -1.15. The third kappa shape index (κ3) is 5.34. The van der Waals surface area contributed by atoms with Gasteiger partial charge in [0.05, 0.1) is 25.0 Å². The van der Waals surface area contributed by atoms with Crippen molar-refractivity contribution in [3.63, 3.8) is 0 Å². The van der Waals surface area contributed by atoms with E-state index in [0.717, 1.165) is 6.07 Å². The lowest BCUT2D eigenvalue weighted by molar-refractivity contribution is -0.123. The first kappa shape index (κ1) is 20.5. The fraction of sp³-hybridized carbons (Fsp3) is 0.263. The number of esters is 1. The van der Waals surface area contributed by atoms with E-state index >= 15 is 0 Å². The lowest BCUT2D eigenvalue weighted by Crippen LogP contribution is -2.30. The average molecular weight is 396 g/mol. The van der Waals surface area contributed by atoms with E-state index in [1.165, 1.54) is 38.3 Å². The molecule has 1 atom stereocenters. The van der Waals surface area contributed by atoms with Crippen molar-refractivity contribution < 1.29 is 28.2 Å². The monoisotopic (exact) mass is 395 g/mol. The highest BCUT2D eigenvalue weighted by Crippen LogP contribution is 2.28. The minimum absolute atomic E-state index is 0.0598. The Labute approximate surface area is 161 Å². The first-order chi connectivity index (χ1) is 12.8. The molecule has 2 aromatic rings. The number of hydrogen-bond donors (Lipinski definition) is 1. The number of benzene rings is 2. The lowest BCUT2D eigenvalue weighted by atomic mass is 10.2. The molecule has 0 aliphatic rings. The number of methoxy groups -OCH3 is 1. The molecule has 1 N–H and O–H groups in total. The molecule has 0 heterocycles. The van der Waals surface area contributed by atoms with E-state index in [4.69, 9.17) is 25.8 Å². The van der Waals surface area contributed by atoms with Gasteiger partial charge < -0.3 is 19.5 Å². The van der Waals surface area contributed by atoms with Crippen molar-refractivity contribution in [3.05, 3.63) is 52.8 Å². The minimum Gasteiger partial charge on any atom is -0.493 e. The maximum absolute atomic E-state index is 13.8. The summed E-state index contributed by atoms with van der Waals surface area (Å²) in [5.74, 6) is -1.24. The van der Waals surface area contributed by atoms with Crippen LogP contribution in [0.4, 0.5) is 10.1 Å². The zero-order valence-electron chi connectivity index (χ0n) is 15.0. The number of carbonyl (C=O) groups is 2. The fourth-order valence-electron chi connectivity index (χ4n) is 2.18. The molecule has 0 radical (unpaired) electrons. The van der Waals surface area contributed by atoms with Crippen molar-refractivity contribution in [1.82, 2.24) is 0 Å². The summed E-state index contributed by atoms with van der Waals surface area (Å²) >= 11 is 5.67. The first-order valence-corrected chi connectivity index (χ1v) is 8.51. The number of halogens is 2. The SMILES string of the molecule is CCOc1cc(C(=O)O[C@@H](C)C(=O)Nc2ccc(Cl)cc2F)ccc1OC. The third-order valence-corrected chi connectivity index (χ3v) is 3.78. The molecule has 0 aliphatic heterocycles. The van der Waals surface area contributed by atoms with Crippen molar-refractivity contribution in [1.29, 1.82) is 0 Å². The summed E-state index contributed by atoms with van der Waals surface area (Å²) in [7, 11) is 1.48. The number of hydrogen-bond acceptors (Lipinski definition) is 5. The third-order valence-electron chi connectivity index (χ3n) is 3.54. The predicted molar refractivity (Wildman–Crippen MR) is 99.1 cm³/mol. The molecule has 0 aromatic heterocycles. The molecule has 0 spiro atoms. The van der Waals surface area contributed by atoms with Gasteiger partial charge in [0.25, 0.3) is 5.91 Å². The predicted octanol–water partition coefficient (Wildman–Crippen LogP) is 4.07. The maximum atomic E-state index is 13.8. The topological polar surface area (TPSA) is 73.9 Å². The molecule has 0 unspecified atom stereocenters. The normalized spacial score (nSPS) is 11.4. The van der Waals surface area contributed by atoms with Gasteiger partial charge in [-0.25, -0.2) is 9.18 Å². The van der Waals surface area contributed by atoms with Crippen molar-refractivity contribution in [2.24, 2.45) is 0 Å². The number of anilines is 1. The van der Waals surface area contributed by atoms with Gasteiger partial charge in [0.2, 0.25) is 0 Å². The zero-order valence-corrected chi connectivity index (χ0v) is 15.8. The van der Waals surface area contributed by atoms with Crippen LogP contribution in [0.25, 0.3) is 0 Å². The molecule has 144 valence electrons. The number of nitrogens with one attached hydrogen (secondary N) is 1. The Balaban J connectivity index is 2.06. The molecule has 8 heteroatoms. The average Bonchev–Trinajstić information content (AvgIpc) is 2.64. The molecule has 0 bridgehead atoms. The molecular weight excluding hydrogens is 377 g/mol. The van der Waals surface area contributed by atoms with Crippen LogP contribution in [0.15, 0.2) is 36.4 Å². The molecular formula is C19H19ClFNO5. The molecule has 0 saturated carbocycles. The van der Waals surface area contributed by atoms with Crippen molar-refractivity contribution in [2.75, 3.05) is 19.0 Å². The number of rotatable bonds is 7.